The molecular formula is C23H29NO4. The number of cyclic esters (lactones) is 1. The fourth-order valence-electron chi connectivity index (χ4n) is 3.92. The van der Waals surface area contributed by atoms with Gasteiger partial charge in [0.15, 0.2) is 0 Å². The number of nitrogens with zero attached hydrogens (tertiary/aromatic N) is 1. The first-order valence-electron chi connectivity index (χ1n) is 9.95. The molecule has 28 heavy (non-hydrogen) atoms. The highest BCUT2D eigenvalue weighted by molar-refractivity contribution is 5.70. The Balaban J connectivity index is 1.76. The van der Waals surface area contributed by atoms with Crippen LogP contribution in [0.1, 0.15) is 48.9 Å². The van der Waals surface area contributed by atoms with Gasteiger partial charge in [-0.15, -0.1) is 0 Å². The highest BCUT2D eigenvalue weighted by Crippen LogP contribution is 2.40. The third kappa shape index (κ3) is 4.37. The van der Waals surface area contributed by atoms with Gasteiger partial charge in [0, 0.05) is 26.2 Å². The van der Waals surface area contributed by atoms with Crippen molar-refractivity contribution < 1.29 is 19.7 Å². The van der Waals surface area contributed by atoms with Gasteiger partial charge in [0.25, 0.3) is 0 Å². The lowest BCUT2D eigenvalue weighted by Crippen LogP contribution is -2.48. The van der Waals surface area contributed by atoms with E-state index in [1.165, 1.54) is 0 Å². The minimum absolute atomic E-state index is 0.0758. The summed E-state index contributed by atoms with van der Waals surface area (Å²) in [4.78, 5) is 14.7. The molecule has 1 aliphatic rings. The molecule has 5 heteroatoms. The number of aliphatic hydroxyl groups excluding tert-OH is 2. The Labute approximate surface area is 166 Å². The first-order valence-corrected chi connectivity index (χ1v) is 9.95. The number of aliphatic hydroxyl groups is 2. The van der Waals surface area contributed by atoms with E-state index in [4.69, 9.17) is 9.84 Å². The van der Waals surface area contributed by atoms with Crippen molar-refractivity contribution in [3.63, 3.8) is 0 Å². The summed E-state index contributed by atoms with van der Waals surface area (Å²) in [5.74, 6) is 0. The molecule has 150 valence electrons. The van der Waals surface area contributed by atoms with E-state index in [0.29, 0.717) is 32.2 Å². The lowest BCUT2D eigenvalue weighted by atomic mass is 9.84. The Kier molecular flexibility index (Phi) is 6.70. The van der Waals surface area contributed by atoms with Gasteiger partial charge in [-0.05, 0) is 42.9 Å². The monoisotopic (exact) mass is 383 g/mol. The summed E-state index contributed by atoms with van der Waals surface area (Å²) >= 11 is 0. The summed E-state index contributed by atoms with van der Waals surface area (Å²) in [7, 11) is 0. The van der Waals surface area contributed by atoms with Crippen LogP contribution in [0.25, 0.3) is 0 Å². The zero-order valence-electron chi connectivity index (χ0n) is 16.4. The second-order valence-corrected chi connectivity index (χ2v) is 7.39. The van der Waals surface area contributed by atoms with Crippen molar-refractivity contribution in [3.05, 3.63) is 71.3 Å². The zero-order chi connectivity index (χ0) is 20.0. The van der Waals surface area contributed by atoms with Crippen LogP contribution in [0.5, 0.6) is 0 Å². The smallest absolute Gasteiger partial charge is 0.411 e. The standard InChI is InChI=1S/C23H29NO4/c1-18(20-10-8-19(9-11-20)12-17-26)24-15-14-23(13-5-16-25,28-22(24)27)21-6-3-2-4-7-21/h2-4,6-11,18,25-26H,5,12-17H2,1H3. The minimum Gasteiger partial charge on any atom is -0.438 e. The normalized spacial score (nSPS) is 20.7. The molecule has 2 aromatic carbocycles. The van der Waals surface area contributed by atoms with E-state index in [1.54, 1.807) is 4.90 Å². The topological polar surface area (TPSA) is 70.0 Å². The fourth-order valence-corrected chi connectivity index (χ4v) is 3.92. The van der Waals surface area contributed by atoms with E-state index >= 15 is 0 Å². The van der Waals surface area contributed by atoms with E-state index in [2.05, 4.69) is 0 Å². The fraction of sp³-hybridized carbons (Fsp3) is 0.435. The molecule has 0 saturated carbocycles. The molecule has 2 N–H and O–H groups in total. The number of hydrogen-bond donors (Lipinski definition) is 2. The molecule has 2 atom stereocenters. The van der Waals surface area contributed by atoms with Crippen molar-refractivity contribution in [3.8, 4) is 0 Å². The van der Waals surface area contributed by atoms with Crippen LogP contribution in [0, 0.1) is 0 Å². The van der Waals surface area contributed by atoms with E-state index in [1.807, 2.05) is 61.5 Å². The third-order valence-corrected chi connectivity index (χ3v) is 5.64. The van der Waals surface area contributed by atoms with Gasteiger partial charge in [0.1, 0.15) is 5.60 Å². The van der Waals surface area contributed by atoms with Gasteiger partial charge < -0.3 is 19.8 Å². The lowest BCUT2D eigenvalue weighted by molar-refractivity contribution is -0.0680. The third-order valence-electron chi connectivity index (χ3n) is 5.64. The second-order valence-electron chi connectivity index (χ2n) is 7.39. The maximum absolute atomic E-state index is 12.9. The first kappa shape index (κ1) is 20.4. The van der Waals surface area contributed by atoms with Crippen molar-refractivity contribution in [1.29, 1.82) is 0 Å². The van der Waals surface area contributed by atoms with Crippen LogP contribution in [-0.2, 0) is 16.8 Å². The maximum Gasteiger partial charge on any atom is 0.411 e. The van der Waals surface area contributed by atoms with Crippen LogP contribution in [0.3, 0.4) is 0 Å². The average molecular weight is 383 g/mol. The highest BCUT2D eigenvalue weighted by atomic mass is 16.6. The Morgan fingerprint density at radius 1 is 1.07 bits per heavy atom. The number of amides is 1. The van der Waals surface area contributed by atoms with Crippen LogP contribution in [-0.4, -0.2) is 41.0 Å². The lowest BCUT2D eigenvalue weighted by Gasteiger charge is -2.43. The van der Waals surface area contributed by atoms with Gasteiger partial charge in [-0.2, -0.15) is 0 Å². The maximum atomic E-state index is 12.9. The van der Waals surface area contributed by atoms with Crippen molar-refractivity contribution in [2.75, 3.05) is 19.8 Å². The molecule has 1 fully saturated rings. The van der Waals surface area contributed by atoms with Crippen LogP contribution in [0.2, 0.25) is 0 Å². The molecule has 1 saturated heterocycles. The van der Waals surface area contributed by atoms with E-state index < -0.39 is 5.60 Å². The summed E-state index contributed by atoms with van der Waals surface area (Å²) < 4.78 is 6.02. The molecule has 2 unspecified atom stereocenters. The van der Waals surface area contributed by atoms with Gasteiger partial charge in [0.2, 0.25) is 0 Å². The van der Waals surface area contributed by atoms with Crippen molar-refractivity contribution >= 4 is 6.09 Å². The summed E-state index contributed by atoms with van der Waals surface area (Å²) in [5, 5.41) is 18.4. The number of benzene rings is 2. The predicted molar refractivity (Wildman–Crippen MR) is 108 cm³/mol. The average Bonchev–Trinajstić information content (AvgIpc) is 2.73. The highest BCUT2D eigenvalue weighted by Gasteiger charge is 2.43. The zero-order valence-corrected chi connectivity index (χ0v) is 16.4. The molecule has 1 aliphatic heterocycles. The Morgan fingerprint density at radius 2 is 1.79 bits per heavy atom. The van der Waals surface area contributed by atoms with Crippen LogP contribution >= 0.6 is 0 Å². The molecule has 0 aromatic heterocycles. The second kappa shape index (κ2) is 9.22. The summed E-state index contributed by atoms with van der Waals surface area (Å²) in [6.07, 6.45) is 2.20. The summed E-state index contributed by atoms with van der Waals surface area (Å²) in [6, 6.07) is 17.7. The summed E-state index contributed by atoms with van der Waals surface area (Å²) in [5.41, 5.74) is 2.42. The number of hydrogen-bond acceptors (Lipinski definition) is 4. The summed E-state index contributed by atoms with van der Waals surface area (Å²) in [6.45, 7) is 2.81. The number of carbonyl (C=O) groups excluding carboxylic acids is 1. The molecule has 1 amide bonds. The molecule has 0 aliphatic carbocycles. The van der Waals surface area contributed by atoms with Crippen molar-refractivity contribution in [2.45, 2.75) is 44.2 Å². The van der Waals surface area contributed by atoms with Gasteiger partial charge in [0.05, 0.1) is 6.04 Å². The van der Waals surface area contributed by atoms with Gasteiger partial charge in [-0.25, -0.2) is 4.79 Å². The van der Waals surface area contributed by atoms with Crippen molar-refractivity contribution in [2.24, 2.45) is 0 Å². The number of rotatable bonds is 8. The Bertz CT molecular complexity index is 762. The SMILES string of the molecule is CC(c1ccc(CCO)cc1)N1CCC(CCCO)(c2ccccc2)OC1=O. The van der Waals surface area contributed by atoms with Gasteiger partial charge in [-0.1, -0.05) is 54.6 Å². The van der Waals surface area contributed by atoms with Crippen LogP contribution in [0.15, 0.2) is 54.6 Å². The van der Waals surface area contributed by atoms with Crippen LogP contribution in [0.4, 0.5) is 4.79 Å². The molecule has 2 aromatic rings. The molecular weight excluding hydrogens is 354 g/mol. The molecule has 1 heterocycles. The first-order chi connectivity index (χ1) is 13.6. The molecule has 5 nitrogen and oxygen atoms in total. The molecule has 3 rings (SSSR count). The molecule has 0 bridgehead atoms. The number of carbonyl (C=O) groups is 1. The quantitative estimate of drug-likeness (QED) is 0.728. The predicted octanol–water partition coefficient (Wildman–Crippen LogP) is 3.79. The van der Waals surface area contributed by atoms with Crippen LogP contribution < -0.4 is 0 Å². The van der Waals surface area contributed by atoms with E-state index in [-0.39, 0.29) is 25.3 Å². The van der Waals surface area contributed by atoms with E-state index in [0.717, 1.165) is 16.7 Å². The largest absolute Gasteiger partial charge is 0.438 e. The molecule has 0 radical (unpaired) electrons. The minimum atomic E-state index is -0.678. The Morgan fingerprint density at radius 3 is 2.39 bits per heavy atom. The Hall–Kier alpha value is -2.37. The van der Waals surface area contributed by atoms with Gasteiger partial charge in [-0.3, -0.25) is 0 Å². The number of ether oxygens (including phenoxy) is 1. The molecule has 0 spiro atoms. The van der Waals surface area contributed by atoms with E-state index in [9.17, 15) is 9.90 Å². The van der Waals surface area contributed by atoms with Crippen molar-refractivity contribution in [1.82, 2.24) is 4.90 Å². The van der Waals surface area contributed by atoms with Gasteiger partial charge >= 0.3 is 6.09 Å².